The quantitative estimate of drug-likeness (QED) is 0.182. The number of amides is 3. The number of carbonyl (C=O) groups is 2. The van der Waals surface area contributed by atoms with E-state index in [2.05, 4.69) is 39.5 Å². The number of nitrogens with zero attached hydrogens (tertiary/aromatic N) is 6. The molecule has 2 atom stereocenters. The van der Waals surface area contributed by atoms with Gasteiger partial charge in [-0.15, -0.1) is 0 Å². The molecule has 1 fully saturated rings. The Morgan fingerprint density at radius 2 is 1.56 bits per heavy atom. The van der Waals surface area contributed by atoms with Gasteiger partial charge < -0.3 is 14.1 Å². The maximum absolute atomic E-state index is 15.3. The summed E-state index contributed by atoms with van der Waals surface area (Å²) in [6.45, 7) is 14.8. The summed E-state index contributed by atoms with van der Waals surface area (Å²) in [5.41, 5.74) is 0.927. The number of amidine groups is 1. The van der Waals surface area contributed by atoms with Gasteiger partial charge in [0.15, 0.2) is 0 Å². The molecule has 0 aliphatic carbocycles. The van der Waals surface area contributed by atoms with Crippen LogP contribution < -0.4 is 9.64 Å². The molecule has 12 heteroatoms. The summed E-state index contributed by atoms with van der Waals surface area (Å²) in [6, 6.07) is 20.5. The molecule has 2 aromatic carbocycles. The second-order valence-electron chi connectivity index (χ2n) is 14.6. The lowest BCUT2D eigenvalue weighted by Crippen LogP contribution is -2.61. The first-order chi connectivity index (χ1) is 24.7. The molecule has 4 heterocycles. The number of hydrogen-bond acceptors (Lipinski definition) is 7. The number of ether oxygens (including phenoxy) is 1. The zero-order chi connectivity index (χ0) is 37.4. The Morgan fingerprint density at radius 3 is 2.12 bits per heavy atom. The van der Waals surface area contributed by atoms with E-state index in [0.29, 0.717) is 65.9 Å². The maximum atomic E-state index is 15.3. The van der Waals surface area contributed by atoms with Crippen molar-refractivity contribution in [2.24, 2.45) is 4.99 Å². The Kier molecular flexibility index (Phi) is 10.5. The van der Waals surface area contributed by atoms with Gasteiger partial charge in [0.25, 0.3) is 0 Å². The number of pyridine rings is 1. The molecule has 2 aliphatic heterocycles. The van der Waals surface area contributed by atoms with Crippen LogP contribution in [0.25, 0.3) is 0 Å². The second kappa shape index (κ2) is 14.6. The van der Waals surface area contributed by atoms with Gasteiger partial charge in [-0.2, -0.15) is 0 Å². The number of urea groups is 1. The second-order valence-corrected chi connectivity index (χ2v) is 15.5. The van der Waals surface area contributed by atoms with Crippen molar-refractivity contribution in [1.82, 2.24) is 19.7 Å². The Hall–Kier alpha value is -4.38. The van der Waals surface area contributed by atoms with Gasteiger partial charge >= 0.3 is 6.03 Å². The van der Waals surface area contributed by atoms with Crippen LogP contribution in [0.1, 0.15) is 63.9 Å². The number of rotatable bonds is 8. The van der Waals surface area contributed by atoms with Gasteiger partial charge in [-0.1, -0.05) is 68.2 Å². The first-order valence-electron chi connectivity index (χ1n) is 17.5. The van der Waals surface area contributed by atoms with Crippen LogP contribution in [0, 0.1) is 0 Å². The van der Waals surface area contributed by atoms with E-state index >= 15 is 4.79 Å². The summed E-state index contributed by atoms with van der Waals surface area (Å²) >= 11 is 12.8. The standard InChI is InChI=1S/C40H46Cl2N6O4/c1-8-51-32-24-33(38(2,3)4)43-25-31(32)36-44-39(5,27-11-15-29(41)16-12-27)40(6,28-13-17-30(42)18-14-28)48(36)37(50)47-21-19-46(20-22-47)26-34(49)45(7)35-10-9-23-52-35/h9-18,23-25H,8,19-22,26H2,1-7H3/t39-,40+/m0/s1. The van der Waals surface area contributed by atoms with Gasteiger partial charge in [0.05, 0.1) is 25.0 Å². The topological polar surface area (TPSA) is 94.7 Å². The van der Waals surface area contributed by atoms with E-state index in [4.69, 9.17) is 42.3 Å². The molecule has 2 aliphatic rings. The van der Waals surface area contributed by atoms with Crippen molar-refractivity contribution in [3.05, 3.63) is 112 Å². The predicted octanol–water partition coefficient (Wildman–Crippen LogP) is 7.97. The van der Waals surface area contributed by atoms with Crippen LogP contribution in [0.3, 0.4) is 0 Å². The normalized spacial score (nSPS) is 20.9. The van der Waals surface area contributed by atoms with Crippen molar-refractivity contribution in [1.29, 1.82) is 0 Å². The molecule has 10 nitrogen and oxygen atoms in total. The van der Waals surface area contributed by atoms with Crippen molar-refractivity contribution in [3.8, 4) is 5.75 Å². The molecule has 0 bridgehead atoms. The molecule has 1 saturated heterocycles. The molecular formula is C40H46Cl2N6O4. The van der Waals surface area contributed by atoms with Crippen LogP contribution >= 0.6 is 23.2 Å². The number of furan rings is 1. The fourth-order valence-corrected chi connectivity index (χ4v) is 7.23. The average molecular weight is 746 g/mol. The number of piperazine rings is 1. The highest BCUT2D eigenvalue weighted by atomic mass is 35.5. The van der Waals surface area contributed by atoms with Crippen molar-refractivity contribution in [2.75, 3.05) is 51.3 Å². The van der Waals surface area contributed by atoms with Gasteiger partial charge in [0, 0.05) is 72.7 Å². The maximum Gasteiger partial charge on any atom is 0.326 e. The third-order valence-corrected chi connectivity index (χ3v) is 10.8. The molecule has 2 aromatic heterocycles. The Balaban J connectivity index is 1.43. The number of carbonyl (C=O) groups excluding carboxylic acids is 2. The summed E-state index contributed by atoms with van der Waals surface area (Å²) in [4.78, 5) is 45.9. The highest BCUT2D eigenvalue weighted by Crippen LogP contribution is 2.54. The predicted molar refractivity (Wildman–Crippen MR) is 206 cm³/mol. The summed E-state index contributed by atoms with van der Waals surface area (Å²) in [5, 5.41) is 1.18. The van der Waals surface area contributed by atoms with Crippen LogP contribution in [0.2, 0.25) is 10.0 Å². The smallest absolute Gasteiger partial charge is 0.326 e. The van der Waals surface area contributed by atoms with Crippen LogP contribution in [0.4, 0.5) is 10.7 Å². The minimum Gasteiger partial charge on any atom is -0.493 e. The SMILES string of the molecule is CCOc1cc(C(C)(C)C)ncc1C1=N[C@@](C)(c2ccc(Cl)cc2)[C@@](C)(c2ccc(Cl)cc2)N1C(=O)N1CCN(CC(=O)N(C)c2ccco2)CC1. The third-order valence-electron chi connectivity index (χ3n) is 10.3. The Bertz CT molecular complexity index is 1940. The molecule has 0 unspecified atom stereocenters. The number of aliphatic imine (C=N–C) groups is 1. The van der Waals surface area contributed by atoms with Gasteiger partial charge in [0.1, 0.15) is 22.7 Å². The minimum atomic E-state index is -1.05. The Morgan fingerprint density at radius 1 is 0.942 bits per heavy atom. The van der Waals surface area contributed by atoms with Crippen LogP contribution in [0.5, 0.6) is 5.75 Å². The van der Waals surface area contributed by atoms with Gasteiger partial charge in [-0.3, -0.25) is 29.5 Å². The minimum absolute atomic E-state index is 0.0904. The van der Waals surface area contributed by atoms with E-state index in [1.807, 2.05) is 71.3 Å². The Labute approximate surface area is 316 Å². The number of halogens is 2. The lowest BCUT2D eigenvalue weighted by molar-refractivity contribution is -0.119. The largest absolute Gasteiger partial charge is 0.493 e. The van der Waals surface area contributed by atoms with E-state index in [1.165, 1.54) is 4.90 Å². The highest BCUT2D eigenvalue weighted by molar-refractivity contribution is 6.30. The van der Waals surface area contributed by atoms with Crippen molar-refractivity contribution >= 4 is 46.9 Å². The van der Waals surface area contributed by atoms with Gasteiger partial charge in [-0.25, -0.2) is 4.79 Å². The summed E-state index contributed by atoms with van der Waals surface area (Å²) < 4.78 is 11.7. The fourth-order valence-electron chi connectivity index (χ4n) is 6.98. The lowest BCUT2D eigenvalue weighted by atomic mass is 9.71. The molecule has 0 spiro atoms. The van der Waals surface area contributed by atoms with Crippen LogP contribution in [0.15, 0.2) is 88.6 Å². The van der Waals surface area contributed by atoms with E-state index in [0.717, 1.165) is 16.8 Å². The summed E-state index contributed by atoms with van der Waals surface area (Å²) in [5.74, 6) is 1.45. The van der Waals surface area contributed by atoms with Crippen molar-refractivity contribution in [2.45, 2.75) is 58.0 Å². The molecule has 6 rings (SSSR count). The zero-order valence-corrected chi connectivity index (χ0v) is 32.3. The summed E-state index contributed by atoms with van der Waals surface area (Å²) in [7, 11) is 1.70. The molecule has 52 heavy (non-hydrogen) atoms. The number of anilines is 1. The van der Waals surface area contributed by atoms with Crippen molar-refractivity contribution < 1.29 is 18.7 Å². The first kappa shape index (κ1) is 37.4. The van der Waals surface area contributed by atoms with Crippen LogP contribution in [-0.4, -0.2) is 83.8 Å². The van der Waals surface area contributed by atoms with Gasteiger partial charge in [-0.05, 0) is 62.2 Å². The molecular weight excluding hydrogens is 699 g/mol. The van der Waals surface area contributed by atoms with E-state index < -0.39 is 11.1 Å². The van der Waals surface area contributed by atoms with E-state index in [9.17, 15) is 4.79 Å². The first-order valence-corrected chi connectivity index (χ1v) is 18.3. The van der Waals surface area contributed by atoms with E-state index in [-0.39, 0.29) is 23.9 Å². The molecule has 0 radical (unpaired) electrons. The number of aromatic nitrogens is 1. The van der Waals surface area contributed by atoms with Gasteiger partial charge in [0.2, 0.25) is 11.8 Å². The molecule has 4 aromatic rings. The van der Waals surface area contributed by atoms with E-state index in [1.54, 1.807) is 31.6 Å². The fraction of sp³-hybridized carbons (Fsp3) is 0.400. The molecule has 3 amide bonds. The highest BCUT2D eigenvalue weighted by Gasteiger charge is 2.60. The lowest BCUT2D eigenvalue weighted by Gasteiger charge is -2.47. The zero-order valence-electron chi connectivity index (χ0n) is 30.8. The monoisotopic (exact) mass is 744 g/mol. The number of hydrogen-bond donors (Lipinski definition) is 0. The molecule has 274 valence electrons. The molecule has 0 N–H and O–H groups in total. The van der Waals surface area contributed by atoms with Crippen molar-refractivity contribution in [3.63, 3.8) is 0 Å². The third kappa shape index (κ3) is 6.91. The van der Waals surface area contributed by atoms with Crippen LogP contribution in [-0.2, 0) is 21.3 Å². The number of benzene rings is 2. The number of likely N-dealkylation sites (N-methyl/N-ethyl adjacent to an activating group) is 1. The molecule has 0 saturated carbocycles. The average Bonchev–Trinajstić information content (AvgIpc) is 3.74. The summed E-state index contributed by atoms with van der Waals surface area (Å²) in [6.07, 6.45) is 3.32.